The van der Waals surface area contributed by atoms with Crippen LogP contribution in [0.5, 0.6) is 0 Å². The van der Waals surface area contributed by atoms with E-state index < -0.39 is 0 Å². The normalized spacial score (nSPS) is 11.0. The molecule has 0 atom stereocenters. The lowest BCUT2D eigenvalue weighted by atomic mass is 9.94. The highest BCUT2D eigenvalue weighted by Crippen LogP contribution is 2.21. The Morgan fingerprint density at radius 3 is 1.00 bits per heavy atom. The molecular formula is C36H36N2. The maximum absolute atomic E-state index is 5.83. The van der Waals surface area contributed by atoms with Crippen LogP contribution in [0.2, 0.25) is 0 Å². The summed E-state index contributed by atoms with van der Waals surface area (Å²) in [6.07, 6.45) is 3.76. The van der Waals surface area contributed by atoms with Gasteiger partial charge in [0.25, 0.3) is 0 Å². The Balaban J connectivity index is 1.19. The van der Waals surface area contributed by atoms with Crippen LogP contribution in [0.15, 0.2) is 109 Å². The molecule has 0 amide bonds. The Labute approximate surface area is 227 Å². The monoisotopic (exact) mass is 496 g/mol. The number of nitrogens with two attached hydrogens (primary N) is 2. The first-order valence-electron chi connectivity index (χ1n) is 13.3. The maximum Gasteiger partial charge on any atom is 0.0314 e. The lowest BCUT2D eigenvalue weighted by molar-refractivity contribution is 1.10. The summed E-state index contributed by atoms with van der Waals surface area (Å²) in [6.45, 7) is 4.42. The zero-order valence-corrected chi connectivity index (χ0v) is 22.4. The van der Waals surface area contributed by atoms with Crippen molar-refractivity contribution in [2.75, 3.05) is 11.5 Å². The van der Waals surface area contributed by atoms with E-state index in [0.717, 1.165) is 37.1 Å². The predicted molar refractivity (Wildman–Crippen MR) is 162 cm³/mol. The molecule has 0 aromatic heterocycles. The second-order valence-electron chi connectivity index (χ2n) is 10.5. The molecule has 38 heavy (non-hydrogen) atoms. The molecule has 2 nitrogen and oxygen atoms in total. The highest BCUT2D eigenvalue weighted by molar-refractivity contribution is 5.44. The fourth-order valence-electron chi connectivity index (χ4n) is 5.09. The quantitative estimate of drug-likeness (QED) is 0.215. The van der Waals surface area contributed by atoms with E-state index in [0.29, 0.717) is 0 Å². The first-order chi connectivity index (χ1) is 18.4. The van der Waals surface area contributed by atoms with Crippen LogP contribution in [0.3, 0.4) is 0 Å². The SMILES string of the molecule is Cc1cc(Cc2ccc(Cc3ccc(Cc4ccc(N)cc4)c(C)c3)cc2)ccc1Cc1ccc(N)cc1. The lowest BCUT2D eigenvalue weighted by Crippen LogP contribution is -1.97. The molecule has 0 spiro atoms. The van der Waals surface area contributed by atoms with E-state index in [4.69, 9.17) is 11.5 Å². The Morgan fingerprint density at radius 1 is 0.368 bits per heavy atom. The van der Waals surface area contributed by atoms with Crippen LogP contribution in [-0.4, -0.2) is 0 Å². The summed E-state index contributed by atoms with van der Waals surface area (Å²) in [5.74, 6) is 0. The number of anilines is 2. The van der Waals surface area contributed by atoms with Crippen molar-refractivity contribution >= 4 is 11.4 Å². The average Bonchev–Trinajstić information content (AvgIpc) is 2.91. The summed E-state index contributed by atoms with van der Waals surface area (Å²) in [5.41, 5.74) is 26.6. The molecule has 5 aromatic rings. The highest BCUT2D eigenvalue weighted by Gasteiger charge is 2.06. The maximum atomic E-state index is 5.83. The minimum absolute atomic E-state index is 0.810. The molecule has 0 fully saturated rings. The van der Waals surface area contributed by atoms with Gasteiger partial charge in [0.15, 0.2) is 0 Å². The van der Waals surface area contributed by atoms with Gasteiger partial charge in [0.1, 0.15) is 0 Å². The summed E-state index contributed by atoms with van der Waals surface area (Å²) in [5, 5.41) is 0. The fraction of sp³-hybridized carbons (Fsp3) is 0.167. The lowest BCUT2D eigenvalue weighted by Gasteiger charge is -2.11. The number of aryl methyl sites for hydroxylation is 2. The Hall–Kier alpha value is -4.30. The molecule has 0 saturated heterocycles. The number of nitrogen functional groups attached to an aromatic ring is 2. The van der Waals surface area contributed by atoms with Gasteiger partial charge < -0.3 is 11.5 Å². The highest BCUT2D eigenvalue weighted by atomic mass is 14.5. The van der Waals surface area contributed by atoms with Crippen LogP contribution in [0.25, 0.3) is 0 Å². The molecule has 0 saturated carbocycles. The van der Waals surface area contributed by atoms with Crippen LogP contribution in [0, 0.1) is 13.8 Å². The minimum atomic E-state index is 0.810. The zero-order chi connectivity index (χ0) is 26.5. The third-order valence-electron chi connectivity index (χ3n) is 7.40. The van der Waals surface area contributed by atoms with Gasteiger partial charge in [0, 0.05) is 11.4 Å². The molecule has 190 valence electrons. The zero-order valence-electron chi connectivity index (χ0n) is 22.4. The van der Waals surface area contributed by atoms with E-state index in [-0.39, 0.29) is 0 Å². The largest absolute Gasteiger partial charge is 0.399 e. The summed E-state index contributed by atoms with van der Waals surface area (Å²) < 4.78 is 0. The van der Waals surface area contributed by atoms with Crippen molar-refractivity contribution in [1.82, 2.24) is 0 Å². The number of benzene rings is 5. The molecule has 4 N–H and O–H groups in total. The van der Waals surface area contributed by atoms with Crippen molar-refractivity contribution in [2.24, 2.45) is 0 Å². The minimum Gasteiger partial charge on any atom is -0.399 e. The van der Waals surface area contributed by atoms with Gasteiger partial charge in [-0.2, -0.15) is 0 Å². The van der Waals surface area contributed by atoms with Crippen LogP contribution >= 0.6 is 0 Å². The van der Waals surface area contributed by atoms with Crippen molar-refractivity contribution in [1.29, 1.82) is 0 Å². The molecule has 0 aliphatic carbocycles. The van der Waals surface area contributed by atoms with E-state index in [1.165, 1.54) is 55.6 Å². The Morgan fingerprint density at radius 2 is 0.658 bits per heavy atom. The average molecular weight is 497 g/mol. The first-order valence-corrected chi connectivity index (χ1v) is 13.3. The van der Waals surface area contributed by atoms with Crippen molar-refractivity contribution in [3.63, 3.8) is 0 Å². The summed E-state index contributed by atoms with van der Waals surface area (Å²) in [6, 6.07) is 39.2. The van der Waals surface area contributed by atoms with Crippen LogP contribution in [0.4, 0.5) is 11.4 Å². The molecule has 0 aliphatic heterocycles. The van der Waals surface area contributed by atoms with Gasteiger partial charge >= 0.3 is 0 Å². The van der Waals surface area contributed by atoms with Crippen molar-refractivity contribution in [2.45, 2.75) is 39.5 Å². The molecule has 0 radical (unpaired) electrons. The van der Waals surface area contributed by atoms with Crippen molar-refractivity contribution < 1.29 is 0 Å². The van der Waals surface area contributed by atoms with Gasteiger partial charge in [-0.25, -0.2) is 0 Å². The van der Waals surface area contributed by atoms with Gasteiger partial charge in [-0.15, -0.1) is 0 Å². The molecule has 0 bridgehead atoms. The standard InChI is InChI=1S/C36H36N2/c1-25-19-31(7-13-33(25)23-29-9-15-35(37)16-10-29)21-27-3-5-28(6-4-27)22-32-8-14-34(26(2)20-32)24-30-11-17-36(38)18-12-30/h3-20H,21-24,37-38H2,1-2H3. The third-order valence-corrected chi connectivity index (χ3v) is 7.40. The van der Waals surface area contributed by atoms with Crippen molar-refractivity contribution in [3.8, 4) is 0 Å². The number of hydrogen-bond acceptors (Lipinski definition) is 2. The fourth-order valence-corrected chi connectivity index (χ4v) is 5.09. The second-order valence-corrected chi connectivity index (χ2v) is 10.5. The van der Waals surface area contributed by atoms with Crippen LogP contribution < -0.4 is 11.5 Å². The van der Waals surface area contributed by atoms with Gasteiger partial charge in [-0.1, -0.05) is 84.9 Å². The number of hydrogen-bond donors (Lipinski definition) is 2. The van der Waals surface area contributed by atoms with Crippen molar-refractivity contribution in [3.05, 3.63) is 165 Å². The third kappa shape index (κ3) is 6.52. The van der Waals surface area contributed by atoms with Gasteiger partial charge in [-0.05, 0) is 119 Å². The molecule has 2 heteroatoms. The Kier molecular flexibility index (Phi) is 7.60. The van der Waals surface area contributed by atoms with Crippen LogP contribution in [-0.2, 0) is 25.7 Å². The van der Waals surface area contributed by atoms with Crippen LogP contribution in [0.1, 0.15) is 55.6 Å². The van der Waals surface area contributed by atoms with E-state index in [1.54, 1.807) is 0 Å². The smallest absolute Gasteiger partial charge is 0.0314 e. The predicted octanol–water partition coefficient (Wildman–Crippen LogP) is 7.83. The number of rotatable bonds is 8. The van der Waals surface area contributed by atoms with E-state index in [1.807, 2.05) is 24.3 Å². The van der Waals surface area contributed by atoms with Gasteiger partial charge in [0.2, 0.25) is 0 Å². The summed E-state index contributed by atoms with van der Waals surface area (Å²) in [7, 11) is 0. The van der Waals surface area contributed by atoms with E-state index in [9.17, 15) is 0 Å². The molecule has 0 unspecified atom stereocenters. The molecule has 0 aliphatic rings. The summed E-state index contributed by atoms with van der Waals surface area (Å²) in [4.78, 5) is 0. The van der Waals surface area contributed by atoms with E-state index >= 15 is 0 Å². The first kappa shape index (κ1) is 25.4. The molecule has 0 heterocycles. The summed E-state index contributed by atoms with van der Waals surface area (Å²) >= 11 is 0. The topological polar surface area (TPSA) is 52.0 Å². The molecule has 5 aromatic carbocycles. The Bertz CT molecular complexity index is 1390. The van der Waals surface area contributed by atoms with Gasteiger partial charge in [-0.3, -0.25) is 0 Å². The second kappa shape index (κ2) is 11.4. The molecule has 5 rings (SSSR count). The molecular weight excluding hydrogens is 460 g/mol. The van der Waals surface area contributed by atoms with E-state index in [2.05, 4.69) is 98.8 Å². The van der Waals surface area contributed by atoms with Gasteiger partial charge in [0.05, 0.1) is 0 Å².